The van der Waals surface area contributed by atoms with Crippen molar-refractivity contribution in [3.63, 3.8) is 0 Å². The number of hydrogen-bond donors (Lipinski definition) is 1. The fraction of sp³-hybridized carbons (Fsp3) is 0.684. The quantitative estimate of drug-likeness (QED) is 0.921. The van der Waals surface area contributed by atoms with Gasteiger partial charge in [0, 0.05) is 43.8 Å². The number of nitrogens with one attached hydrogen (secondary N) is 1. The molecule has 0 saturated carbocycles. The molecule has 22 heavy (non-hydrogen) atoms. The maximum atomic E-state index is 3.99. The number of likely N-dealkylation sites (tertiary alicyclic amines) is 1. The van der Waals surface area contributed by atoms with Crippen LogP contribution in [0.15, 0.2) is 30.3 Å². The molecule has 0 spiro atoms. The van der Waals surface area contributed by atoms with E-state index in [2.05, 4.69) is 52.5 Å². The van der Waals surface area contributed by atoms with Gasteiger partial charge < -0.3 is 10.2 Å². The summed E-state index contributed by atoms with van der Waals surface area (Å²) in [5.74, 6) is 0. The molecule has 1 aromatic rings. The Morgan fingerprint density at radius 2 is 1.73 bits per heavy atom. The summed E-state index contributed by atoms with van der Waals surface area (Å²) in [5.41, 5.74) is 1.44. The second-order valence-electron chi connectivity index (χ2n) is 7.59. The smallest absolute Gasteiger partial charge is 0.0234 e. The molecule has 3 unspecified atom stereocenters. The molecular weight excluding hydrogens is 270 g/mol. The zero-order valence-corrected chi connectivity index (χ0v) is 13.7. The van der Waals surface area contributed by atoms with E-state index in [4.69, 9.17) is 0 Å². The van der Waals surface area contributed by atoms with Gasteiger partial charge in [-0.3, -0.25) is 4.90 Å². The summed E-state index contributed by atoms with van der Waals surface area (Å²) in [7, 11) is 2.33. The van der Waals surface area contributed by atoms with Gasteiger partial charge in [-0.25, -0.2) is 0 Å². The second-order valence-corrected chi connectivity index (χ2v) is 7.59. The molecule has 3 aliphatic heterocycles. The molecule has 3 saturated heterocycles. The zero-order valence-electron chi connectivity index (χ0n) is 13.7. The molecule has 0 aliphatic carbocycles. The van der Waals surface area contributed by atoms with Gasteiger partial charge in [0.2, 0.25) is 0 Å². The van der Waals surface area contributed by atoms with Gasteiger partial charge in [-0.05, 0) is 44.7 Å². The minimum absolute atomic E-state index is 0.705. The summed E-state index contributed by atoms with van der Waals surface area (Å²) >= 11 is 0. The SMILES string of the molecule is CN1C2CCC1CC(NC1CCN(Cc3ccccc3)C1)C2. The van der Waals surface area contributed by atoms with E-state index in [1.807, 2.05) is 0 Å². The second kappa shape index (κ2) is 6.31. The highest BCUT2D eigenvalue weighted by molar-refractivity contribution is 5.14. The molecule has 3 heteroatoms. The van der Waals surface area contributed by atoms with E-state index in [0.29, 0.717) is 6.04 Å². The first kappa shape index (κ1) is 14.7. The van der Waals surface area contributed by atoms with E-state index < -0.39 is 0 Å². The molecule has 3 nitrogen and oxygen atoms in total. The molecule has 1 N–H and O–H groups in total. The van der Waals surface area contributed by atoms with Crippen molar-refractivity contribution in [1.29, 1.82) is 0 Å². The summed E-state index contributed by atoms with van der Waals surface area (Å²) < 4.78 is 0. The molecule has 0 amide bonds. The number of nitrogens with zero attached hydrogens (tertiary/aromatic N) is 2. The van der Waals surface area contributed by atoms with Crippen molar-refractivity contribution >= 4 is 0 Å². The lowest BCUT2D eigenvalue weighted by Crippen LogP contribution is -2.50. The predicted octanol–water partition coefficient (Wildman–Crippen LogP) is 2.48. The first-order chi connectivity index (χ1) is 10.8. The molecule has 3 heterocycles. The van der Waals surface area contributed by atoms with Crippen LogP contribution in [0.3, 0.4) is 0 Å². The van der Waals surface area contributed by atoms with Crippen LogP contribution in [-0.2, 0) is 6.54 Å². The van der Waals surface area contributed by atoms with E-state index in [1.165, 1.54) is 50.8 Å². The van der Waals surface area contributed by atoms with E-state index in [0.717, 1.165) is 24.7 Å². The monoisotopic (exact) mass is 299 g/mol. The number of hydrogen-bond acceptors (Lipinski definition) is 3. The van der Waals surface area contributed by atoms with Gasteiger partial charge in [-0.15, -0.1) is 0 Å². The van der Waals surface area contributed by atoms with Gasteiger partial charge in [-0.1, -0.05) is 30.3 Å². The molecule has 1 aromatic carbocycles. The predicted molar refractivity (Wildman–Crippen MR) is 90.9 cm³/mol. The summed E-state index contributed by atoms with van der Waals surface area (Å²) in [5, 5.41) is 3.99. The third kappa shape index (κ3) is 3.08. The highest BCUT2D eigenvalue weighted by Crippen LogP contribution is 2.34. The van der Waals surface area contributed by atoms with Crippen LogP contribution in [-0.4, -0.2) is 54.1 Å². The highest BCUT2D eigenvalue weighted by atomic mass is 15.2. The molecule has 3 aliphatic rings. The van der Waals surface area contributed by atoms with Gasteiger partial charge >= 0.3 is 0 Å². The van der Waals surface area contributed by atoms with Crippen LogP contribution < -0.4 is 5.32 Å². The summed E-state index contributed by atoms with van der Waals surface area (Å²) in [6.45, 7) is 3.57. The van der Waals surface area contributed by atoms with Crippen LogP contribution in [0.25, 0.3) is 0 Å². The Kier molecular flexibility index (Phi) is 4.21. The van der Waals surface area contributed by atoms with Crippen molar-refractivity contribution in [3.8, 4) is 0 Å². The Balaban J connectivity index is 1.27. The van der Waals surface area contributed by atoms with Crippen LogP contribution >= 0.6 is 0 Å². The average Bonchev–Trinajstić information content (AvgIpc) is 3.02. The third-order valence-corrected chi connectivity index (χ3v) is 6.09. The number of piperidine rings is 1. The van der Waals surface area contributed by atoms with E-state index in [-0.39, 0.29) is 0 Å². The van der Waals surface area contributed by atoms with Crippen molar-refractivity contribution in [2.24, 2.45) is 0 Å². The Hall–Kier alpha value is -0.900. The average molecular weight is 299 g/mol. The van der Waals surface area contributed by atoms with E-state index in [1.54, 1.807) is 0 Å². The van der Waals surface area contributed by atoms with E-state index >= 15 is 0 Å². The van der Waals surface area contributed by atoms with Crippen molar-refractivity contribution in [1.82, 2.24) is 15.1 Å². The lowest BCUT2D eigenvalue weighted by Gasteiger charge is -2.38. The van der Waals surface area contributed by atoms with Crippen molar-refractivity contribution < 1.29 is 0 Å². The lowest BCUT2D eigenvalue weighted by molar-refractivity contribution is 0.143. The normalized spacial score (nSPS) is 36.0. The third-order valence-electron chi connectivity index (χ3n) is 6.09. The Morgan fingerprint density at radius 1 is 1.00 bits per heavy atom. The Morgan fingerprint density at radius 3 is 2.45 bits per heavy atom. The van der Waals surface area contributed by atoms with Gasteiger partial charge in [0.25, 0.3) is 0 Å². The van der Waals surface area contributed by atoms with Crippen LogP contribution in [0.5, 0.6) is 0 Å². The lowest BCUT2D eigenvalue weighted by atomic mass is 9.97. The molecule has 2 bridgehead atoms. The first-order valence-corrected chi connectivity index (χ1v) is 9.02. The van der Waals surface area contributed by atoms with Crippen LogP contribution in [0, 0.1) is 0 Å². The number of fused-ring (bicyclic) bond motifs is 2. The highest BCUT2D eigenvalue weighted by Gasteiger charge is 2.39. The minimum Gasteiger partial charge on any atom is -0.310 e. The molecular formula is C19H29N3. The Bertz CT molecular complexity index is 475. The Labute approximate surface area is 134 Å². The molecule has 120 valence electrons. The van der Waals surface area contributed by atoms with Gasteiger partial charge in [-0.2, -0.15) is 0 Å². The summed E-state index contributed by atoms with van der Waals surface area (Å²) in [4.78, 5) is 5.24. The van der Waals surface area contributed by atoms with Gasteiger partial charge in [0.15, 0.2) is 0 Å². The van der Waals surface area contributed by atoms with Crippen molar-refractivity contribution in [3.05, 3.63) is 35.9 Å². The zero-order chi connectivity index (χ0) is 14.9. The molecule has 0 radical (unpaired) electrons. The minimum atomic E-state index is 0.705. The molecule has 3 atom stereocenters. The first-order valence-electron chi connectivity index (χ1n) is 9.02. The summed E-state index contributed by atoms with van der Waals surface area (Å²) in [6.07, 6.45) is 6.88. The number of benzene rings is 1. The van der Waals surface area contributed by atoms with Crippen LogP contribution in [0.1, 0.15) is 37.7 Å². The number of rotatable bonds is 4. The van der Waals surface area contributed by atoms with Gasteiger partial charge in [0.05, 0.1) is 0 Å². The topological polar surface area (TPSA) is 18.5 Å². The largest absolute Gasteiger partial charge is 0.310 e. The fourth-order valence-electron chi connectivity index (χ4n) is 4.83. The molecule has 4 rings (SSSR count). The van der Waals surface area contributed by atoms with Crippen molar-refractivity contribution in [2.75, 3.05) is 20.1 Å². The van der Waals surface area contributed by atoms with Gasteiger partial charge in [0.1, 0.15) is 0 Å². The molecule has 0 aromatic heterocycles. The van der Waals surface area contributed by atoms with E-state index in [9.17, 15) is 0 Å². The maximum absolute atomic E-state index is 3.99. The van der Waals surface area contributed by atoms with Crippen LogP contribution in [0.2, 0.25) is 0 Å². The van der Waals surface area contributed by atoms with Crippen LogP contribution in [0.4, 0.5) is 0 Å². The summed E-state index contributed by atoms with van der Waals surface area (Å²) in [6, 6.07) is 14.0. The molecule has 3 fully saturated rings. The fourth-order valence-corrected chi connectivity index (χ4v) is 4.83. The maximum Gasteiger partial charge on any atom is 0.0234 e. The standard InChI is InChI=1S/C19H29N3/c1-21-18-7-8-19(21)12-17(11-18)20-16-9-10-22(14-16)13-15-5-3-2-4-6-15/h2-6,16-20H,7-14H2,1H3. The van der Waals surface area contributed by atoms with Crippen molar-refractivity contribution in [2.45, 2.75) is 62.8 Å².